The first-order chi connectivity index (χ1) is 4.36. The van der Waals surface area contributed by atoms with Gasteiger partial charge in [-0.3, -0.25) is 0 Å². The lowest BCUT2D eigenvalue weighted by Crippen LogP contribution is -1.96. The van der Waals surface area contributed by atoms with Crippen molar-refractivity contribution in [3.63, 3.8) is 0 Å². The molecule has 1 heteroatoms. The SMILES string of the molecule is NC1=CCCC2CC2C1. The van der Waals surface area contributed by atoms with Crippen LogP contribution < -0.4 is 5.73 Å². The molecule has 2 rings (SSSR count). The summed E-state index contributed by atoms with van der Waals surface area (Å²) in [6.45, 7) is 0. The minimum absolute atomic E-state index is 0.976. The van der Waals surface area contributed by atoms with Gasteiger partial charge in [-0.15, -0.1) is 0 Å². The van der Waals surface area contributed by atoms with Gasteiger partial charge in [0.2, 0.25) is 0 Å². The number of allylic oxidation sites excluding steroid dienone is 2. The summed E-state index contributed by atoms with van der Waals surface area (Å²) in [6, 6.07) is 0. The maximum absolute atomic E-state index is 5.71. The van der Waals surface area contributed by atoms with E-state index in [1.54, 1.807) is 0 Å². The van der Waals surface area contributed by atoms with E-state index >= 15 is 0 Å². The smallest absolute Gasteiger partial charge is 0.00428 e. The zero-order valence-corrected chi connectivity index (χ0v) is 5.64. The fourth-order valence-electron chi connectivity index (χ4n) is 1.78. The van der Waals surface area contributed by atoms with E-state index in [0.29, 0.717) is 0 Å². The standard InChI is InChI=1S/C8H13N/c9-8-3-1-2-6-4-7(6)5-8/h3,6-7H,1-2,4-5,9H2. The Kier molecular flexibility index (Phi) is 1.04. The Labute approximate surface area is 55.9 Å². The third-order valence-corrected chi connectivity index (χ3v) is 2.51. The van der Waals surface area contributed by atoms with E-state index in [1.807, 2.05) is 0 Å². The number of nitrogens with two attached hydrogens (primary N) is 1. The number of rotatable bonds is 0. The van der Waals surface area contributed by atoms with Crippen molar-refractivity contribution in [2.75, 3.05) is 0 Å². The Morgan fingerprint density at radius 1 is 1.44 bits per heavy atom. The first kappa shape index (κ1) is 5.33. The molecule has 0 heterocycles. The predicted octanol–water partition coefficient (Wildman–Crippen LogP) is 1.65. The first-order valence-corrected chi connectivity index (χ1v) is 3.81. The van der Waals surface area contributed by atoms with Crippen LogP contribution >= 0.6 is 0 Å². The Bertz CT molecular complexity index is 149. The van der Waals surface area contributed by atoms with Gasteiger partial charge in [0.05, 0.1) is 0 Å². The van der Waals surface area contributed by atoms with Gasteiger partial charge in [-0.2, -0.15) is 0 Å². The fraction of sp³-hybridized carbons (Fsp3) is 0.750. The summed E-state index contributed by atoms with van der Waals surface area (Å²) in [4.78, 5) is 0. The molecule has 50 valence electrons. The summed E-state index contributed by atoms with van der Waals surface area (Å²) in [5, 5.41) is 0. The van der Waals surface area contributed by atoms with E-state index in [1.165, 1.54) is 25.7 Å². The molecule has 0 spiro atoms. The summed E-state index contributed by atoms with van der Waals surface area (Å²) < 4.78 is 0. The van der Waals surface area contributed by atoms with Gasteiger partial charge in [0, 0.05) is 5.70 Å². The second-order valence-electron chi connectivity index (χ2n) is 3.32. The molecular formula is C8H13N. The molecule has 2 aliphatic rings. The summed E-state index contributed by atoms with van der Waals surface area (Å²) >= 11 is 0. The van der Waals surface area contributed by atoms with E-state index in [9.17, 15) is 0 Å². The van der Waals surface area contributed by atoms with Crippen molar-refractivity contribution in [2.45, 2.75) is 25.7 Å². The third kappa shape index (κ3) is 0.958. The zero-order chi connectivity index (χ0) is 6.27. The van der Waals surface area contributed by atoms with Gasteiger partial charge >= 0.3 is 0 Å². The molecule has 9 heavy (non-hydrogen) atoms. The summed E-state index contributed by atoms with van der Waals surface area (Å²) in [5.41, 5.74) is 6.85. The maximum atomic E-state index is 5.71. The number of hydrogen-bond donors (Lipinski definition) is 1. The summed E-state index contributed by atoms with van der Waals surface area (Å²) in [6.07, 6.45) is 7.46. The predicted molar refractivity (Wildman–Crippen MR) is 37.7 cm³/mol. The van der Waals surface area contributed by atoms with Gasteiger partial charge in [0.25, 0.3) is 0 Å². The Balaban J connectivity index is 2.04. The van der Waals surface area contributed by atoms with Crippen LogP contribution in [0.15, 0.2) is 11.8 Å². The molecule has 2 aliphatic carbocycles. The first-order valence-electron chi connectivity index (χ1n) is 3.81. The molecule has 0 bridgehead atoms. The molecule has 0 radical (unpaired) electrons. The normalized spacial score (nSPS) is 40.7. The molecule has 0 aromatic rings. The van der Waals surface area contributed by atoms with Crippen LogP contribution in [-0.2, 0) is 0 Å². The highest BCUT2D eigenvalue weighted by Gasteiger charge is 2.37. The Morgan fingerprint density at radius 2 is 2.33 bits per heavy atom. The van der Waals surface area contributed by atoms with Gasteiger partial charge in [0.1, 0.15) is 0 Å². The van der Waals surface area contributed by atoms with Crippen molar-refractivity contribution >= 4 is 0 Å². The number of fused-ring (bicyclic) bond motifs is 1. The highest BCUT2D eigenvalue weighted by molar-refractivity contribution is 5.06. The Morgan fingerprint density at radius 3 is 3.22 bits per heavy atom. The maximum Gasteiger partial charge on any atom is 0.00428 e. The van der Waals surface area contributed by atoms with Crippen LogP contribution in [0.5, 0.6) is 0 Å². The quantitative estimate of drug-likeness (QED) is 0.520. The van der Waals surface area contributed by atoms with Gasteiger partial charge in [-0.05, 0) is 37.5 Å². The van der Waals surface area contributed by atoms with E-state index in [0.717, 1.165) is 17.5 Å². The fourth-order valence-corrected chi connectivity index (χ4v) is 1.78. The van der Waals surface area contributed by atoms with Crippen molar-refractivity contribution in [1.82, 2.24) is 0 Å². The third-order valence-electron chi connectivity index (χ3n) is 2.51. The number of hydrogen-bond acceptors (Lipinski definition) is 1. The molecule has 0 aromatic carbocycles. The van der Waals surface area contributed by atoms with Crippen LogP contribution in [0, 0.1) is 11.8 Å². The lowest BCUT2D eigenvalue weighted by Gasteiger charge is -1.93. The molecule has 2 N–H and O–H groups in total. The van der Waals surface area contributed by atoms with Crippen LogP contribution in [0.25, 0.3) is 0 Å². The molecular weight excluding hydrogens is 110 g/mol. The highest BCUT2D eigenvalue weighted by Crippen LogP contribution is 2.47. The van der Waals surface area contributed by atoms with E-state index in [4.69, 9.17) is 5.73 Å². The zero-order valence-electron chi connectivity index (χ0n) is 5.64. The lowest BCUT2D eigenvalue weighted by atomic mass is 10.2. The lowest BCUT2D eigenvalue weighted by molar-refractivity contribution is 0.669. The average Bonchev–Trinajstić information content (AvgIpc) is 2.43. The van der Waals surface area contributed by atoms with Crippen molar-refractivity contribution in [1.29, 1.82) is 0 Å². The van der Waals surface area contributed by atoms with Crippen LogP contribution in [0.2, 0.25) is 0 Å². The Hall–Kier alpha value is -0.460. The molecule has 2 atom stereocenters. The van der Waals surface area contributed by atoms with Crippen LogP contribution in [0.1, 0.15) is 25.7 Å². The van der Waals surface area contributed by atoms with E-state index < -0.39 is 0 Å². The van der Waals surface area contributed by atoms with Crippen molar-refractivity contribution < 1.29 is 0 Å². The summed E-state index contributed by atoms with van der Waals surface area (Å²) in [5.74, 6) is 2.02. The highest BCUT2D eigenvalue weighted by atomic mass is 14.6. The minimum atomic E-state index is 0.976. The van der Waals surface area contributed by atoms with E-state index in [2.05, 4.69) is 6.08 Å². The topological polar surface area (TPSA) is 26.0 Å². The molecule has 1 nitrogen and oxygen atoms in total. The van der Waals surface area contributed by atoms with Gasteiger partial charge in [-0.25, -0.2) is 0 Å². The van der Waals surface area contributed by atoms with Gasteiger partial charge in [0.15, 0.2) is 0 Å². The minimum Gasteiger partial charge on any atom is -0.402 e. The van der Waals surface area contributed by atoms with Crippen molar-refractivity contribution in [3.8, 4) is 0 Å². The molecule has 0 saturated heterocycles. The average molecular weight is 123 g/mol. The van der Waals surface area contributed by atoms with Gasteiger partial charge in [-0.1, -0.05) is 6.08 Å². The second kappa shape index (κ2) is 1.76. The van der Waals surface area contributed by atoms with Crippen LogP contribution in [-0.4, -0.2) is 0 Å². The van der Waals surface area contributed by atoms with Crippen molar-refractivity contribution in [3.05, 3.63) is 11.8 Å². The molecule has 0 aliphatic heterocycles. The van der Waals surface area contributed by atoms with Crippen LogP contribution in [0.4, 0.5) is 0 Å². The molecule has 1 fully saturated rings. The molecule has 1 saturated carbocycles. The van der Waals surface area contributed by atoms with E-state index in [-0.39, 0.29) is 0 Å². The monoisotopic (exact) mass is 123 g/mol. The van der Waals surface area contributed by atoms with Crippen molar-refractivity contribution in [2.24, 2.45) is 17.6 Å². The van der Waals surface area contributed by atoms with Crippen LogP contribution in [0.3, 0.4) is 0 Å². The largest absolute Gasteiger partial charge is 0.402 e. The van der Waals surface area contributed by atoms with Gasteiger partial charge < -0.3 is 5.73 Å². The molecule has 2 unspecified atom stereocenters. The molecule has 0 aromatic heterocycles. The second-order valence-corrected chi connectivity index (χ2v) is 3.32. The summed E-state index contributed by atoms with van der Waals surface area (Å²) in [7, 11) is 0. The molecule has 0 amide bonds.